The van der Waals surface area contributed by atoms with Crippen molar-refractivity contribution in [1.82, 2.24) is 0 Å². The van der Waals surface area contributed by atoms with E-state index in [9.17, 15) is 9.59 Å². The van der Waals surface area contributed by atoms with Crippen LogP contribution in [0.15, 0.2) is 60.0 Å². The van der Waals surface area contributed by atoms with Crippen LogP contribution in [0, 0.1) is 0 Å². The van der Waals surface area contributed by atoms with Gasteiger partial charge in [0.05, 0.1) is 6.61 Å². The number of nitrogens with one attached hydrogen (secondary N) is 1. The highest BCUT2D eigenvalue weighted by Gasteiger charge is 2.22. The van der Waals surface area contributed by atoms with Crippen LogP contribution in [-0.4, -0.2) is 18.5 Å². The molecule has 1 heterocycles. The van der Waals surface area contributed by atoms with Crippen LogP contribution in [0.25, 0.3) is 17.2 Å². The number of thiophene rings is 1. The van der Waals surface area contributed by atoms with E-state index < -0.39 is 5.97 Å². The maximum atomic E-state index is 12.7. The highest BCUT2D eigenvalue weighted by Crippen LogP contribution is 2.36. The molecular weight excluding hydrogens is 442 g/mol. The number of benzene rings is 2. The van der Waals surface area contributed by atoms with Crippen molar-refractivity contribution in [3.05, 3.63) is 81.7 Å². The van der Waals surface area contributed by atoms with Crippen molar-refractivity contribution in [2.24, 2.45) is 0 Å². The minimum Gasteiger partial charge on any atom is -0.462 e. The Balaban J connectivity index is 1.81. The highest BCUT2D eigenvalue weighted by atomic mass is 35.5. The van der Waals surface area contributed by atoms with E-state index in [1.54, 1.807) is 25.1 Å². The van der Waals surface area contributed by atoms with Gasteiger partial charge in [0.15, 0.2) is 0 Å². The molecule has 0 radical (unpaired) electrons. The average Bonchev–Trinajstić information content (AvgIpc) is 3.16. The largest absolute Gasteiger partial charge is 0.462 e. The molecule has 0 spiro atoms. The van der Waals surface area contributed by atoms with Gasteiger partial charge in [0, 0.05) is 22.0 Å². The van der Waals surface area contributed by atoms with Gasteiger partial charge < -0.3 is 10.1 Å². The molecule has 0 aliphatic heterocycles. The number of rotatable bonds is 6. The molecule has 6 heteroatoms. The Kier molecular flexibility index (Phi) is 7.54. The molecule has 0 atom stereocenters. The monoisotopic (exact) mass is 467 g/mol. The van der Waals surface area contributed by atoms with E-state index in [2.05, 4.69) is 38.2 Å². The van der Waals surface area contributed by atoms with E-state index >= 15 is 0 Å². The van der Waals surface area contributed by atoms with Gasteiger partial charge in [0.1, 0.15) is 10.6 Å². The zero-order valence-electron chi connectivity index (χ0n) is 18.6. The standard InChI is InChI=1S/C26H26ClNO3S/c1-5-31-25(30)23-21(18-9-13-20(27)14-10-18)16-32-24(23)28-22(29)15-8-17-6-11-19(12-7-17)26(2,3)4/h6-16H,5H2,1-4H3,(H,28,29). The van der Waals surface area contributed by atoms with Crippen LogP contribution in [0.3, 0.4) is 0 Å². The number of ether oxygens (including phenoxy) is 1. The van der Waals surface area contributed by atoms with E-state index in [0.717, 1.165) is 11.1 Å². The van der Waals surface area contributed by atoms with Crippen molar-refractivity contribution < 1.29 is 14.3 Å². The SMILES string of the molecule is CCOC(=O)c1c(-c2ccc(Cl)cc2)csc1NC(=O)C=Cc1ccc(C(C)(C)C)cc1. The Hall–Kier alpha value is -2.89. The van der Waals surface area contributed by atoms with Crippen LogP contribution >= 0.6 is 22.9 Å². The quantitative estimate of drug-likeness (QED) is 0.308. The first-order chi connectivity index (χ1) is 15.2. The van der Waals surface area contributed by atoms with E-state index in [1.807, 2.05) is 29.6 Å². The second-order valence-corrected chi connectivity index (χ2v) is 9.59. The minimum absolute atomic E-state index is 0.0735. The van der Waals surface area contributed by atoms with E-state index in [1.165, 1.54) is 23.0 Å². The fourth-order valence-corrected chi connectivity index (χ4v) is 4.20. The van der Waals surface area contributed by atoms with Gasteiger partial charge in [0.25, 0.3) is 0 Å². The highest BCUT2D eigenvalue weighted by molar-refractivity contribution is 7.15. The minimum atomic E-state index is -0.476. The number of esters is 1. The molecule has 3 rings (SSSR count). The molecule has 0 aliphatic carbocycles. The van der Waals surface area contributed by atoms with Crippen LogP contribution in [0.2, 0.25) is 5.02 Å². The third-order valence-electron chi connectivity index (χ3n) is 4.87. The third-order valence-corrected chi connectivity index (χ3v) is 6.01. The van der Waals surface area contributed by atoms with Gasteiger partial charge in [-0.25, -0.2) is 4.79 Å². The average molecular weight is 468 g/mol. The smallest absolute Gasteiger partial charge is 0.341 e. The third kappa shape index (κ3) is 5.87. The predicted octanol–water partition coefficient (Wildman–Crippen LogP) is 7.19. The maximum Gasteiger partial charge on any atom is 0.341 e. The molecular formula is C26H26ClNO3S. The lowest BCUT2D eigenvalue weighted by molar-refractivity contribution is -0.111. The first-order valence-corrected chi connectivity index (χ1v) is 11.6. The van der Waals surface area contributed by atoms with Gasteiger partial charge in [0.2, 0.25) is 5.91 Å². The van der Waals surface area contributed by atoms with E-state index in [-0.39, 0.29) is 17.9 Å². The Morgan fingerprint density at radius 1 is 1.06 bits per heavy atom. The van der Waals surface area contributed by atoms with Gasteiger partial charge in [-0.2, -0.15) is 0 Å². The predicted molar refractivity (Wildman–Crippen MR) is 134 cm³/mol. The lowest BCUT2D eigenvalue weighted by atomic mass is 9.87. The summed E-state index contributed by atoms with van der Waals surface area (Å²) in [5, 5.41) is 5.71. The molecule has 0 bridgehead atoms. The van der Waals surface area contributed by atoms with Gasteiger partial charge >= 0.3 is 5.97 Å². The fraction of sp³-hybridized carbons (Fsp3) is 0.231. The summed E-state index contributed by atoms with van der Waals surface area (Å²) in [6.07, 6.45) is 3.21. The topological polar surface area (TPSA) is 55.4 Å². The van der Waals surface area contributed by atoms with Crippen molar-refractivity contribution in [3.8, 4) is 11.1 Å². The second-order valence-electron chi connectivity index (χ2n) is 8.28. The van der Waals surface area contributed by atoms with Crippen LogP contribution in [0.5, 0.6) is 0 Å². The van der Waals surface area contributed by atoms with Crippen LogP contribution in [-0.2, 0) is 14.9 Å². The Bertz CT molecular complexity index is 1120. The van der Waals surface area contributed by atoms with Crippen LogP contribution in [0.1, 0.15) is 49.2 Å². The summed E-state index contributed by atoms with van der Waals surface area (Å²) >= 11 is 7.27. The number of hydrogen-bond acceptors (Lipinski definition) is 4. The van der Waals surface area contributed by atoms with E-state index in [0.29, 0.717) is 21.2 Å². The van der Waals surface area contributed by atoms with Crippen molar-refractivity contribution in [1.29, 1.82) is 0 Å². The maximum absolute atomic E-state index is 12.7. The molecule has 1 N–H and O–H groups in total. The second kappa shape index (κ2) is 10.2. The van der Waals surface area contributed by atoms with Crippen molar-refractivity contribution in [3.63, 3.8) is 0 Å². The summed E-state index contributed by atoms with van der Waals surface area (Å²) in [7, 11) is 0. The molecule has 166 valence electrons. The zero-order chi connectivity index (χ0) is 23.3. The van der Waals surface area contributed by atoms with Crippen LogP contribution < -0.4 is 5.32 Å². The van der Waals surface area contributed by atoms with Crippen molar-refractivity contribution in [2.45, 2.75) is 33.1 Å². The Morgan fingerprint density at radius 3 is 2.31 bits per heavy atom. The zero-order valence-corrected chi connectivity index (χ0v) is 20.1. The molecule has 0 saturated carbocycles. The summed E-state index contributed by atoms with van der Waals surface area (Å²) in [6.45, 7) is 8.47. The Morgan fingerprint density at radius 2 is 1.72 bits per heavy atom. The van der Waals surface area contributed by atoms with Gasteiger partial charge in [-0.05, 0) is 47.2 Å². The Labute approximate surface area is 197 Å². The molecule has 4 nitrogen and oxygen atoms in total. The first-order valence-electron chi connectivity index (χ1n) is 10.3. The number of amides is 1. The van der Waals surface area contributed by atoms with Gasteiger partial charge in [-0.15, -0.1) is 11.3 Å². The molecule has 0 saturated heterocycles. The molecule has 0 unspecified atom stereocenters. The summed E-state index contributed by atoms with van der Waals surface area (Å²) in [6, 6.07) is 15.3. The first kappa shape index (κ1) is 23.8. The lowest BCUT2D eigenvalue weighted by Crippen LogP contribution is -2.12. The number of halogens is 1. The molecule has 0 fully saturated rings. The number of carbonyl (C=O) groups is 2. The summed E-state index contributed by atoms with van der Waals surface area (Å²) in [5.74, 6) is -0.796. The summed E-state index contributed by atoms with van der Waals surface area (Å²) in [5.41, 5.74) is 4.09. The summed E-state index contributed by atoms with van der Waals surface area (Å²) in [4.78, 5) is 25.2. The molecule has 1 aromatic heterocycles. The number of hydrogen-bond donors (Lipinski definition) is 1. The fourth-order valence-electron chi connectivity index (χ4n) is 3.12. The molecule has 1 amide bonds. The molecule has 3 aromatic rings. The van der Waals surface area contributed by atoms with E-state index in [4.69, 9.17) is 16.3 Å². The van der Waals surface area contributed by atoms with Crippen LogP contribution in [0.4, 0.5) is 5.00 Å². The normalized spacial score (nSPS) is 11.5. The number of anilines is 1. The van der Waals surface area contributed by atoms with Crippen molar-refractivity contribution >= 4 is 45.9 Å². The molecule has 2 aromatic carbocycles. The molecule has 0 aliphatic rings. The summed E-state index contributed by atoms with van der Waals surface area (Å²) < 4.78 is 5.23. The molecule has 32 heavy (non-hydrogen) atoms. The van der Waals surface area contributed by atoms with Crippen molar-refractivity contribution in [2.75, 3.05) is 11.9 Å². The van der Waals surface area contributed by atoms with Gasteiger partial charge in [-0.3, -0.25) is 4.79 Å². The number of carbonyl (C=O) groups excluding carboxylic acids is 2. The van der Waals surface area contributed by atoms with Gasteiger partial charge in [-0.1, -0.05) is 68.8 Å². The lowest BCUT2D eigenvalue weighted by Gasteiger charge is -2.18.